The second kappa shape index (κ2) is 5.00. The second-order valence-corrected chi connectivity index (χ2v) is 4.24. The minimum Gasteiger partial charge on any atom is -0.396 e. The molecule has 0 fully saturated rings. The molecule has 104 valence electrons. The van der Waals surface area contributed by atoms with Gasteiger partial charge in [-0.05, 0) is 12.1 Å². The van der Waals surface area contributed by atoms with Gasteiger partial charge < -0.3 is 5.73 Å². The number of nitro groups is 1. The highest BCUT2D eigenvalue weighted by molar-refractivity contribution is 5.59. The van der Waals surface area contributed by atoms with Gasteiger partial charge in [-0.1, -0.05) is 12.1 Å². The summed E-state index contributed by atoms with van der Waals surface area (Å²) in [5.41, 5.74) is 6.83. The van der Waals surface area contributed by atoms with Gasteiger partial charge in [0.1, 0.15) is 6.33 Å². The standard InChI is InChI=1S/C13H10N6O2/c14-11-5-2-6-15-13(11)18-8-16-12(17-18)9-3-1-4-10(7-9)19(20)21/h1-8H,14H2. The topological polar surface area (TPSA) is 113 Å². The number of rotatable bonds is 3. The average molecular weight is 282 g/mol. The minimum absolute atomic E-state index is 0.0128. The Hall–Kier alpha value is -3.29. The molecule has 0 amide bonds. The van der Waals surface area contributed by atoms with E-state index in [4.69, 9.17) is 5.73 Å². The van der Waals surface area contributed by atoms with Crippen molar-refractivity contribution in [3.8, 4) is 17.2 Å². The first-order valence-corrected chi connectivity index (χ1v) is 6.02. The predicted molar refractivity (Wildman–Crippen MR) is 75.7 cm³/mol. The summed E-state index contributed by atoms with van der Waals surface area (Å²) in [5, 5.41) is 15.0. The van der Waals surface area contributed by atoms with E-state index in [9.17, 15) is 10.1 Å². The van der Waals surface area contributed by atoms with E-state index in [1.807, 2.05) is 0 Å². The maximum atomic E-state index is 10.8. The monoisotopic (exact) mass is 282 g/mol. The zero-order valence-corrected chi connectivity index (χ0v) is 10.7. The van der Waals surface area contributed by atoms with Gasteiger partial charge in [0.2, 0.25) is 0 Å². The average Bonchev–Trinajstić information content (AvgIpc) is 2.97. The third kappa shape index (κ3) is 2.41. The third-order valence-electron chi connectivity index (χ3n) is 2.84. The summed E-state index contributed by atoms with van der Waals surface area (Å²) in [7, 11) is 0. The van der Waals surface area contributed by atoms with Crippen LogP contribution in [0.15, 0.2) is 48.9 Å². The van der Waals surface area contributed by atoms with E-state index < -0.39 is 4.92 Å². The van der Waals surface area contributed by atoms with Crippen LogP contribution in [-0.4, -0.2) is 24.7 Å². The first-order valence-electron chi connectivity index (χ1n) is 6.02. The number of nitrogens with zero attached hydrogens (tertiary/aromatic N) is 5. The molecule has 0 atom stereocenters. The van der Waals surface area contributed by atoms with Gasteiger partial charge in [-0.2, -0.15) is 4.68 Å². The van der Waals surface area contributed by atoms with Gasteiger partial charge in [0.15, 0.2) is 11.6 Å². The fraction of sp³-hybridized carbons (Fsp3) is 0. The minimum atomic E-state index is -0.461. The SMILES string of the molecule is Nc1cccnc1-n1cnc(-c2cccc([N+](=O)[O-])c2)n1. The van der Waals surface area contributed by atoms with E-state index in [1.54, 1.807) is 30.5 Å². The lowest BCUT2D eigenvalue weighted by Gasteiger charge is -2.01. The molecule has 8 nitrogen and oxygen atoms in total. The molecule has 2 aromatic heterocycles. The van der Waals surface area contributed by atoms with Gasteiger partial charge in [-0.15, -0.1) is 5.10 Å². The van der Waals surface area contributed by atoms with Crippen LogP contribution in [0.3, 0.4) is 0 Å². The molecule has 3 rings (SSSR count). The summed E-state index contributed by atoms with van der Waals surface area (Å²) in [6.45, 7) is 0. The molecule has 3 aromatic rings. The van der Waals surface area contributed by atoms with Crippen LogP contribution in [0.25, 0.3) is 17.2 Å². The number of nitro benzene ring substituents is 1. The Morgan fingerprint density at radius 2 is 2.05 bits per heavy atom. The van der Waals surface area contributed by atoms with Gasteiger partial charge in [-0.3, -0.25) is 10.1 Å². The van der Waals surface area contributed by atoms with Crippen LogP contribution in [0.5, 0.6) is 0 Å². The summed E-state index contributed by atoms with van der Waals surface area (Å²) < 4.78 is 1.43. The Balaban J connectivity index is 2.01. The Morgan fingerprint density at radius 3 is 2.81 bits per heavy atom. The molecule has 1 aromatic carbocycles. The number of non-ortho nitro benzene ring substituents is 1. The lowest BCUT2D eigenvalue weighted by Crippen LogP contribution is -2.02. The number of hydrogen-bond acceptors (Lipinski definition) is 6. The number of benzene rings is 1. The molecule has 0 saturated heterocycles. The fourth-order valence-corrected chi connectivity index (χ4v) is 1.86. The Labute approximate surface area is 119 Å². The zero-order valence-electron chi connectivity index (χ0n) is 10.7. The highest BCUT2D eigenvalue weighted by Crippen LogP contribution is 2.21. The van der Waals surface area contributed by atoms with E-state index in [2.05, 4.69) is 15.1 Å². The van der Waals surface area contributed by atoms with Crippen molar-refractivity contribution in [2.75, 3.05) is 5.73 Å². The van der Waals surface area contributed by atoms with Gasteiger partial charge >= 0.3 is 0 Å². The third-order valence-corrected chi connectivity index (χ3v) is 2.84. The van der Waals surface area contributed by atoms with Crippen molar-refractivity contribution in [1.82, 2.24) is 19.7 Å². The van der Waals surface area contributed by atoms with Crippen LogP contribution in [0.4, 0.5) is 11.4 Å². The maximum absolute atomic E-state index is 10.8. The normalized spacial score (nSPS) is 10.5. The first kappa shape index (κ1) is 12.7. The number of anilines is 1. The van der Waals surface area contributed by atoms with Crippen LogP contribution in [0.1, 0.15) is 0 Å². The lowest BCUT2D eigenvalue weighted by molar-refractivity contribution is -0.384. The Kier molecular flexibility index (Phi) is 3.03. The number of nitrogen functional groups attached to an aromatic ring is 1. The molecule has 0 spiro atoms. The predicted octanol–water partition coefficient (Wildman–Crippen LogP) is 1.82. The van der Waals surface area contributed by atoms with E-state index >= 15 is 0 Å². The van der Waals surface area contributed by atoms with Crippen molar-refractivity contribution in [3.63, 3.8) is 0 Å². The maximum Gasteiger partial charge on any atom is 0.270 e. The van der Waals surface area contributed by atoms with Crippen molar-refractivity contribution in [3.05, 3.63) is 59.0 Å². The Bertz CT molecular complexity index is 814. The summed E-state index contributed by atoms with van der Waals surface area (Å²) in [6, 6.07) is 9.55. The molecular formula is C13H10N6O2. The van der Waals surface area contributed by atoms with Crippen molar-refractivity contribution in [2.45, 2.75) is 0 Å². The number of nitrogens with two attached hydrogens (primary N) is 1. The van der Waals surface area contributed by atoms with Crippen LogP contribution in [0, 0.1) is 10.1 Å². The van der Waals surface area contributed by atoms with Gasteiger partial charge in [0.25, 0.3) is 5.69 Å². The van der Waals surface area contributed by atoms with E-state index in [-0.39, 0.29) is 5.69 Å². The summed E-state index contributed by atoms with van der Waals surface area (Å²) in [5.74, 6) is 0.824. The molecule has 0 radical (unpaired) electrons. The highest BCUT2D eigenvalue weighted by atomic mass is 16.6. The molecule has 0 unspecified atom stereocenters. The van der Waals surface area contributed by atoms with Crippen LogP contribution in [0.2, 0.25) is 0 Å². The lowest BCUT2D eigenvalue weighted by atomic mass is 10.2. The Morgan fingerprint density at radius 1 is 1.19 bits per heavy atom. The van der Waals surface area contributed by atoms with Crippen molar-refractivity contribution in [2.24, 2.45) is 0 Å². The molecule has 0 aliphatic carbocycles. The first-order chi connectivity index (χ1) is 10.1. The molecule has 21 heavy (non-hydrogen) atoms. The smallest absolute Gasteiger partial charge is 0.270 e. The van der Waals surface area contributed by atoms with Gasteiger partial charge in [-0.25, -0.2) is 9.97 Å². The zero-order chi connectivity index (χ0) is 14.8. The van der Waals surface area contributed by atoms with Gasteiger partial charge in [0, 0.05) is 23.9 Å². The highest BCUT2D eigenvalue weighted by Gasteiger charge is 2.12. The number of pyridine rings is 1. The van der Waals surface area contributed by atoms with Crippen LogP contribution in [-0.2, 0) is 0 Å². The molecule has 0 aliphatic heterocycles. The summed E-state index contributed by atoms with van der Waals surface area (Å²) >= 11 is 0. The fourth-order valence-electron chi connectivity index (χ4n) is 1.86. The molecule has 0 saturated carbocycles. The summed E-state index contributed by atoms with van der Waals surface area (Å²) in [6.07, 6.45) is 3.06. The van der Waals surface area contributed by atoms with Crippen molar-refractivity contribution in [1.29, 1.82) is 0 Å². The van der Waals surface area contributed by atoms with E-state index in [0.717, 1.165) is 0 Å². The molecule has 0 aliphatic rings. The molecule has 8 heteroatoms. The quantitative estimate of drug-likeness (QED) is 0.579. The van der Waals surface area contributed by atoms with E-state index in [0.29, 0.717) is 22.9 Å². The van der Waals surface area contributed by atoms with Crippen molar-refractivity contribution < 1.29 is 4.92 Å². The van der Waals surface area contributed by atoms with Gasteiger partial charge in [0.05, 0.1) is 10.6 Å². The van der Waals surface area contributed by atoms with Crippen molar-refractivity contribution >= 4 is 11.4 Å². The van der Waals surface area contributed by atoms with Crippen LogP contribution >= 0.6 is 0 Å². The molecule has 2 N–H and O–H groups in total. The second-order valence-electron chi connectivity index (χ2n) is 4.24. The number of hydrogen-bond donors (Lipinski definition) is 1. The van der Waals surface area contributed by atoms with Crippen LogP contribution < -0.4 is 5.73 Å². The largest absolute Gasteiger partial charge is 0.396 e. The molecular weight excluding hydrogens is 272 g/mol. The molecule has 0 bridgehead atoms. The molecule has 2 heterocycles. The number of aromatic nitrogens is 4. The summed E-state index contributed by atoms with van der Waals surface area (Å²) in [4.78, 5) is 18.6. The van der Waals surface area contributed by atoms with E-state index in [1.165, 1.54) is 23.1 Å².